The van der Waals surface area contributed by atoms with Crippen molar-refractivity contribution in [3.8, 4) is 11.8 Å². The standard InChI is InChI=1S/C18H23NO2/c1-13-10-17(8-7-16(13)6-4-5-9-20)18(21)19-11-14(2)15(3)12-19/h7-8,10,14-15,20H,5,9,11-12H2,1-3H3. The third kappa shape index (κ3) is 3.65. The Morgan fingerprint density at radius 1 is 1.33 bits per heavy atom. The maximum absolute atomic E-state index is 12.5. The summed E-state index contributed by atoms with van der Waals surface area (Å²) in [5.41, 5.74) is 2.66. The van der Waals surface area contributed by atoms with Crippen LogP contribution in [0.3, 0.4) is 0 Å². The number of benzene rings is 1. The number of aryl methyl sites for hydroxylation is 1. The van der Waals surface area contributed by atoms with Gasteiger partial charge in [0.1, 0.15) is 0 Å². The van der Waals surface area contributed by atoms with Crippen LogP contribution in [0.15, 0.2) is 18.2 Å². The summed E-state index contributed by atoms with van der Waals surface area (Å²) in [5.74, 6) is 7.19. The fourth-order valence-corrected chi connectivity index (χ4v) is 2.63. The van der Waals surface area contributed by atoms with Crippen molar-refractivity contribution in [2.75, 3.05) is 19.7 Å². The summed E-state index contributed by atoms with van der Waals surface area (Å²) in [7, 11) is 0. The molecule has 0 radical (unpaired) electrons. The molecule has 1 fully saturated rings. The lowest BCUT2D eigenvalue weighted by atomic mass is 10.0. The van der Waals surface area contributed by atoms with Crippen LogP contribution in [0.1, 0.15) is 41.8 Å². The first kappa shape index (κ1) is 15.6. The van der Waals surface area contributed by atoms with Gasteiger partial charge in [-0.05, 0) is 42.5 Å². The van der Waals surface area contributed by atoms with Crippen LogP contribution in [0, 0.1) is 30.6 Å². The van der Waals surface area contributed by atoms with Crippen molar-refractivity contribution in [2.24, 2.45) is 11.8 Å². The maximum Gasteiger partial charge on any atom is 0.253 e. The van der Waals surface area contributed by atoms with Gasteiger partial charge in [-0.3, -0.25) is 4.79 Å². The molecule has 1 aliphatic heterocycles. The van der Waals surface area contributed by atoms with Crippen LogP contribution in [-0.4, -0.2) is 35.6 Å². The van der Waals surface area contributed by atoms with Gasteiger partial charge in [-0.25, -0.2) is 0 Å². The molecule has 1 heterocycles. The number of nitrogens with zero attached hydrogens (tertiary/aromatic N) is 1. The number of aliphatic hydroxyl groups is 1. The molecule has 2 rings (SSSR count). The largest absolute Gasteiger partial charge is 0.395 e. The minimum Gasteiger partial charge on any atom is -0.395 e. The fraction of sp³-hybridized carbons (Fsp3) is 0.500. The summed E-state index contributed by atoms with van der Waals surface area (Å²) < 4.78 is 0. The Morgan fingerprint density at radius 3 is 2.57 bits per heavy atom. The number of aliphatic hydroxyl groups excluding tert-OH is 1. The molecule has 0 aliphatic carbocycles. The minimum atomic E-state index is 0.0773. The van der Waals surface area contributed by atoms with E-state index in [0.29, 0.717) is 18.3 Å². The van der Waals surface area contributed by atoms with Crippen LogP contribution in [0.5, 0.6) is 0 Å². The van der Waals surface area contributed by atoms with E-state index in [0.717, 1.165) is 29.8 Å². The predicted octanol–water partition coefficient (Wildman–Crippen LogP) is 2.46. The quantitative estimate of drug-likeness (QED) is 0.848. The second-order valence-electron chi connectivity index (χ2n) is 5.97. The van der Waals surface area contributed by atoms with Crippen LogP contribution in [-0.2, 0) is 0 Å². The van der Waals surface area contributed by atoms with Crippen molar-refractivity contribution in [1.29, 1.82) is 0 Å². The average molecular weight is 285 g/mol. The molecule has 0 saturated carbocycles. The molecule has 2 unspecified atom stereocenters. The molecule has 3 heteroatoms. The monoisotopic (exact) mass is 285 g/mol. The van der Waals surface area contributed by atoms with Crippen molar-refractivity contribution in [3.05, 3.63) is 34.9 Å². The zero-order valence-electron chi connectivity index (χ0n) is 13.0. The van der Waals surface area contributed by atoms with E-state index in [1.54, 1.807) is 0 Å². The van der Waals surface area contributed by atoms with E-state index in [2.05, 4.69) is 25.7 Å². The zero-order valence-corrected chi connectivity index (χ0v) is 13.0. The van der Waals surface area contributed by atoms with E-state index in [1.807, 2.05) is 30.0 Å². The number of likely N-dealkylation sites (tertiary alicyclic amines) is 1. The second-order valence-corrected chi connectivity index (χ2v) is 5.97. The molecule has 112 valence electrons. The summed E-state index contributed by atoms with van der Waals surface area (Å²) in [6.45, 7) is 8.13. The molecule has 21 heavy (non-hydrogen) atoms. The van der Waals surface area contributed by atoms with Gasteiger partial charge < -0.3 is 10.0 Å². The Labute approximate surface area is 127 Å². The van der Waals surface area contributed by atoms with Crippen molar-refractivity contribution in [2.45, 2.75) is 27.2 Å². The van der Waals surface area contributed by atoms with Gasteiger partial charge in [-0.2, -0.15) is 0 Å². The highest BCUT2D eigenvalue weighted by Gasteiger charge is 2.29. The predicted molar refractivity (Wildman–Crippen MR) is 84.0 cm³/mol. The number of rotatable bonds is 2. The topological polar surface area (TPSA) is 40.5 Å². The Morgan fingerprint density at radius 2 is 2.00 bits per heavy atom. The summed E-state index contributed by atoms with van der Waals surface area (Å²) in [4.78, 5) is 14.5. The van der Waals surface area contributed by atoms with Gasteiger partial charge in [0.25, 0.3) is 5.91 Å². The first-order valence-corrected chi connectivity index (χ1v) is 7.52. The lowest BCUT2D eigenvalue weighted by Gasteiger charge is -2.16. The molecule has 2 atom stereocenters. The fourth-order valence-electron chi connectivity index (χ4n) is 2.63. The van der Waals surface area contributed by atoms with Gasteiger partial charge in [0.2, 0.25) is 0 Å². The first-order chi connectivity index (χ1) is 10.0. The van der Waals surface area contributed by atoms with Gasteiger partial charge in [0, 0.05) is 30.6 Å². The van der Waals surface area contributed by atoms with E-state index in [4.69, 9.17) is 5.11 Å². The lowest BCUT2D eigenvalue weighted by Crippen LogP contribution is -2.28. The Hall–Kier alpha value is -1.79. The normalized spacial score (nSPS) is 21.0. The molecule has 1 aliphatic rings. The number of amides is 1. The molecular formula is C18H23NO2. The maximum atomic E-state index is 12.5. The summed E-state index contributed by atoms with van der Waals surface area (Å²) in [6, 6.07) is 5.67. The molecule has 0 bridgehead atoms. The van der Waals surface area contributed by atoms with Crippen molar-refractivity contribution >= 4 is 5.91 Å². The highest BCUT2D eigenvalue weighted by Crippen LogP contribution is 2.24. The first-order valence-electron chi connectivity index (χ1n) is 7.52. The van der Waals surface area contributed by atoms with Gasteiger partial charge in [0.05, 0.1) is 6.61 Å². The van der Waals surface area contributed by atoms with Gasteiger partial charge in [-0.15, -0.1) is 0 Å². The second kappa shape index (κ2) is 6.78. The summed E-state index contributed by atoms with van der Waals surface area (Å²) >= 11 is 0. The molecule has 0 aromatic heterocycles. The Balaban J connectivity index is 2.13. The van der Waals surface area contributed by atoms with Crippen molar-refractivity contribution < 1.29 is 9.90 Å². The van der Waals surface area contributed by atoms with Crippen molar-refractivity contribution in [1.82, 2.24) is 4.90 Å². The van der Waals surface area contributed by atoms with E-state index in [1.165, 1.54) is 0 Å². The van der Waals surface area contributed by atoms with E-state index >= 15 is 0 Å². The number of hydrogen-bond donors (Lipinski definition) is 1. The third-order valence-electron chi connectivity index (χ3n) is 4.21. The van der Waals surface area contributed by atoms with Gasteiger partial charge in [0.15, 0.2) is 0 Å². The highest BCUT2D eigenvalue weighted by molar-refractivity contribution is 5.94. The van der Waals surface area contributed by atoms with Crippen LogP contribution in [0.25, 0.3) is 0 Å². The Kier molecular flexibility index (Phi) is 5.03. The SMILES string of the molecule is Cc1cc(C(=O)N2CC(C)C(C)C2)ccc1C#CCCO. The number of hydrogen-bond acceptors (Lipinski definition) is 2. The highest BCUT2D eigenvalue weighted by atomic mass is 16.2. The molecule has 1 saturated heterocycles. The third-order valence-corrected chi connectivity index (χ3v) is 4.21. The molecule has 1 aromatic carbocycles. The van der Waals surface area contributed by atoms with Gasteiger partial charge in [-0.1, -0.05) is 25.7 Å². The van der Waals surface area contributed by atoms with Crippen molar-refractivity contribution in [3.63, 3.8) is 0 Å². The summed E-state index contributed by atoms with van der Waals surface area (Å²) in [5, 5.41) is 8.74. The Bertz CT molecular complexity index is 573. The average Bonchev–Trinajstić information content (AvgIpc) is 2.80. The summed E-state index contributed by atoms with van der Waals surface area (Å²) in [6.07, 6.45) is 0.476. The van der Waals surface area contributed by atoms with E-state index < -0.39 is 0 Å². The van der Waals surface area contributed by atoms with E-state index in [-0.39, 0.29) is 12.5 Å². The molecule has 1 amide bonds. The van der Waals surface area contributed by atoms with Crippen LogP contribution in [0.2, 0.25) is 0 Å². The molecule has 0 spiro atoms. The van der Waals surface area contributed by atoms with Crippen LogP contribution >= 0.6 is 0 Å². The van der Waals surface area contributed by atoms with Gasteiger partial charge >= 0.3 is 0 Å². The molecule has 1 aromatic rings. The molecule has 3 nitrogen and oxygen atoms in total. The number of carbonyl (C=O) groups excluding carboxylic acids is 1. The van der Waals surface area contributed by atoms with Crippen LogP contribution in [0.4, 0.5) is 0 Å². The van der Waals surface area contributed by atoms with E-state index in [9.17, 15) is 4.79 Å². The zero-order chi connectivity index (χ0) is 15.4. The smallest absolute Gasteiger partial charge is 0.253 e. The number of carbonyl (C=O) groups is 1. The van der Waals surface area contributed by atoms with Crippen LogP contribution < -0.4 is 0 Å². The minimum absolute atomic E-state index is 0.0773. The molecule has 1 N–H and O–H groups in total. The molecular weight excluding hydrogens is 262 g/mol. The lowest BCUT2D eigenvalue weighted by molar-refractivity contribution is 0.0785.